The fraction of sp³-hybridized carbons (Fsp3) is 0. The number of para-hydroxylation sites is 5. The minimum atomic E-state index is -0.326. The second-order valence-corrected chi connectivity index (χ2v) is 15.9. The number of hydrogen-bond acceptors (Lipinski definition) is 4. The first-order valence-electron chi connectivity index (χ1n) is 20.3. The van der Waals surface area contributed by atoms with Gasteiger partial charge in [-0.05, 0) is 89.0 Å². The molecule has 6 heteroatoms. The molecule has 3 aromatic heterocycles. The third kappa shape index (κ3) is 4.42. The molecule has 5 nitrogen and oxygen atoms in total. The van der Waals surface area contributed by atoms with Gasteiger partial charge in [-0.3, -0.25) is 0 Å². The van der Waals surface area contributed by atoms with E-state index in [0.29, 0.717) is 0 Å². The first kappa shape index (κ1) is 32.1. The highest BCUT2D eigenvalue weighted by atomic mass is 16.5. The second-order valence-electron chi connectivity index (χ2n) is 15.9. The molecule has 0 N–H and O–H groups in total. The molecule has 0 atom stereocenters. The molecule has 0 fully saturated rings. The van der Waals surface area contributed by atoms with Gasteiger partial charge in [0.1, 0.15) is 39.6 Å². The van der Waals surface area contributed by atoms with Crippen molar-refractivity contribution in [3.63, 3.8) is 0 Å². The largest absolute Gasteiger partial charge is 0.551 e. The van der Waals surface area contributed by atoms with Crippen molar-refractivity contribution >= 4 is 83.5 Å². The zero-order valence-corrected chi connectivity index (χ0v) is 32.0. The molecule has 0 amide bonds. The number of furan rings is 2. The molecule has 9 aromatic carbocycles. The van der Waals surface area contributed by atoms with Crippen LogP contribution in [0.4, 0.5) is 0 Å². The van der Waals surface area contributed by atoms with Crippen LogP contribution in [-0.2, 0) is 0 Å². The Balaban J connectivity index is 0.915. The van der Waals surface area contributed by atoms with E-state index in [1.807, 2.05) is 24.3 Å². The monoisotopic (exact) mass is 767 g/mol. The van der Waals surface area contributed by atoms with Gasteiger partial charge in [0.05, 0.1) is 11.0 Å². The third-order valence-electron chi connectivity index (χ3n) is 12.7. The fourth-order valence-corrected chi connectivity index (χ4v) is 9.96. The Bertz CT molecular complexity index is 3760. The molecule has 2 aliphatic rings. The zero-order valence-electron chi connectivity index (χ0n) is 32.0. The highest BCUT2D eigenvalue weighted by molar-refractivity contribution is 6.84. The maximum Gasteiger partial charge on any atom is 0.434 e. The predicted molar refractivity (Wildman–Crippen MR) is 244 cm³/mol. The standard InChI is InChI=1S/C54H30BNO4/c1-5-19-45-36(13-1)37-14-2-6-20-46(37)56(45)34-12-9-11-31(25-34)32-23-24-44-51(27-32)58-52-28-33(26-43-39-16-4-8-22-48(39)60-55(44)53(43)52)35-17-10-18-40-42-30-49-41(29-50(42)59-54(35)40)38-15-3-7-21-47(38)57-49/h1-30H. The van der Waals surface area contributed by atoms with E-state index in [9.17, 15) is 0 Å². The molecule has 0 saturated heterocycles. The molecule has 0 saturated carbocycles. The average molecular weight is 768 g/mol. The lowest BCUT2D eigenvalue weighted by Crippen LogP contribution is -2.53. The first-order chi connectivity index (χ1) is 29.7. The van der Waals surface area contributed by atoms with E-state index in [4.69, 9.17) is 18.2 Å². The van der Waals surface area contributed by atoms with Crippen molar-refractivity contribution in [2.75, 3.05) is 0 Å². The van der Waals surface area contributed by atoms with E-state index < -0.39 is 0 Å². The molecule has 0 aliphatic carbocycles. The minimum absolute atomic E-state index is 0.326. The molecule has 60 heavy (non-hydrogen) atoms. The first-order valence-corrected chi connectivity index (χ1v) is 20.3. The van der Waals surface area contributed by atoms with E-state index in [1.54, 1.807) is 0 Å². The van der Waals surface area contributed by atoms with Gasteiger partial charge in [-0.2, -0.15) is 0 Å². The molecule has 14 rings (SSSR count). The van der Waals surface area contributed by atoms with Crippen LogP contribution in [0.25, 0.3) is 105 Å². The van der Waals surface area contributed by atoms with Crippen molar-refractivity contribution in [3.8, 4) is 56.3 Å². The SMILES string of the molecule is c1cc(-c2ccc3c(c2)Oc2cc(-c4cccc5c4oc4cc6c(cc45)oc4ccccc46)cc4c2B3Oc2ccccc2-4)cc(-n2c3ccccc3c3ccccc32)c1. The van der Waals surface area contributed by atoms with Gasteiger partial charge in [-0.15, -0.1) is 0 Å². The van der Waals surface area contributed by atoms with E-state index in [-0.39, 0.29) is 6.92 Å². The van der Waals surface area contributed by atoms with Crippen LogP contribution in [0.1, 0.15) is 0 Å². The summed E-state index contributed by atoms with van der Waals surface area (Å²) in [5, 5.41) is 6.68. The van der Waals surface area contributed by atoms with Gasteiger partial charge in [0.15, 0.2) is 0 Å². The smallest absolute Gasteiger partial charge is 0.434 e. The van der Waals surface area contributed by atoms with Gasteiger partial charge < -0.3 is 22.8 Å². The Morgan fingerprint density at radius 2 is 1.05 bits per heavy atom. The summed E-state index contributed by atoms with van der Waals surface area (Å²) < 4.78 is 29.3. The molecular formula is C54H30BNO4. The molecule has 0 bridgehead atoms. The number of benzene rings is 9. The number of rotatable bonds is 3. The van der Waals surface area contributed by atoms with Crippen molar-refractivity contribution in [3.05, 3.63) is 182 Å². The maximum atomic E-state index is 7.01. The summed E-state index contributed by atoms with van der Waals surface area (Å²) in [5.74, 6) is 2.42. The van der Waals surface area contributed by atoms with Crippen LogP contribution in [0.2, 0.25) is 0 Å². The Hall–Kier alpha value is -7.96. The van der Waals surface area contributed by atoms with Crippen LogP contribution in [0.5, 0.6) is 17.2 Å². The Labute approximate surface area is 343 Å². The fourth-order valence-electron chi connectivity index (χ4n) is 9.96. The zero-order chi connectivity index (χ0) is 39.1. The summed E-state index contributed by atoms with van der Waals surface area (Å²) in [7, 11) is 0. The van der Waals surface area contributed by atoms with Gasteiger partial charge in [0, 0.05) is 60.1 Å². The van der Waals surface area contributed by atoms with Crippen LogP contribution >= 0.6 is 0 Å². The summed E-state index contributed by atoms with van der Waals surface area (Å²) in [6, 6.07) is 64.1. The summed E-state index contributed by atoms with van der Waals surface area (Å²) in [6.07, 6.45) is 0. The van der Waals surface area contributed by atoms with Crippen LogP contribution in [0, 0.1) is 0 Å². The Kier molecular flexibility index (Phi) is 6.31. The average Bonchev–Trinajstić information content (AvgIpc) is 3.97. The summed E-state index contributed by atoms with van der Waals surface area (Å²) in [6.45, 7) is -0.326. The topological polar surface area (TPSA) is 49.7 Å². The van der Waals surface area contributed by atoms with E-state index >= 15 is 0 Å². The number of nitrogens with zero attached hydrogens (tertiary/aromatic N) is 1. The molecule has 5 heterocycles. The Morgan fingerprint density at radius 1 is 0.383 bits per heavy atom. The quantitative estimate of drug-likeness (QED) is 0.168. The lowest BCUT2D eigenvalue weighted by Gasteiger charge is -2.33. The van der Waals surface area contributed by atoms with Crippen LogP contribution in [0.15, 0.2) is 191 Å². The third-order valence-corrected chi connectivity index (χ3v) is 12.7. The molecule has 278 valence electrons. The van der Waals surface area contributed by atoms with Crippen molar-refractivity contribution in [2.24, 2.45) is 0 Å². The maximum absolute atomic E-state index is 7.01. The normalized spacial score (nSPS) is 12.9. The molecule has 2 aliphatic heterocycles. The second kappa shape index (κ2) is 11.8. The highest BCUT2D eigenvalue weighted by Gasteiger charge is 2.41. The molecule has 0 unspecified atom stereocenters. The van der Waals surface area contributed by atoms with E-state index in [2.05, 4.69) is 162 Å². The van der Waals surface area contributed by atoms with Gasteiger partial charge >= 0.3 is 6.92 Å². The molecular weight excluding hydrogens is 737 g/mol. The minimum Gasteiger partial charge on any atom is -0.551 e. The predicted octanol–water partition coefficient (Wildman–Crippen LogP) is 13.2. The Morgan fingerprint density at radius 3 is 1.92 bits per heavy atom. The number of fused-ring (bicyclic) bond motifs is 13. The van der Waals surface area contributed by atoms with Crippen LogP contribution in [-0.4, -0.2) is 11.5 Å². The summed E-state index contributed by atoms with van der Waals surface area (Å²) >= 11 is 0. The summed E-state index contributed by atoms with van der Waals surface area (Å²) in [4.78, 5) is 0. The van der Waals surface area contributed by atoms with Crippen molar-refractivity contribution < 1.29 is 18.2 Å². The summed E-state index contributed by atoms with van der Waals surface area (Å²) in [5.41, 5.74) is 15.2. The highest BCUT2D eigenvalue weighted by Crippen LogP contribution is 2.45. The van der Waals surface area contributed by atoms with Crippen LogP contribution in [0.3, 0.4) is 0 Å². The van der Waals surface area contributed by atoms with Crippen molar-refractivity contribution in [2.45, 2.75) is 0 Å². The number of ether oxygens (including phenoxy) is 1. The lowest BCUT2D eigenvalue weighted by atomic mass is 9.50. The van der Waals surface area contributed by atoms with E-state index in [1.165, 1.54) is 21.8 Å². The number of hydrogen-bond donors (Lipinski definition) is 0. The molecule has 12 aromatic rings. The van der Waals surface area contributed by atoms with Crippen molar-refractivity contribution in [1.29, 1.82) is 0 Å². The molecule has 0 radical (unpaired) electrons. The molecule has 0 spiro atoms. The number of aromatic nitrogens is 1. The van der Waals surface area contributed by atoms with Gasteiger partial charge in [0.2, 0.25) is 0 Å². The lowest BCUT2D eigenvalue weighted by molar-refractivity contribution is 0.480. The van der Waals surface area contributed by atoms with Gasteiger partial charge in [-0.1, -0.05) is 115 Å². The van der Waals surface area contributed by atoms with Gasteiger partial charge in [-0.25, -0.2) is 0 Å². The van der Waals surface area contributed by atoms with Crippen molar-refractivity contribution in [1.82, 2.24) is 4.57 Å². The van der Waals surface area contributed by atoms with Gasteiger partial charge in [0.25, 0.3) is 0 Å². The van der Waals surface area contributed by atoms with E-state index in [0.717, 1.165) is 111 Å². The van der Waals surface area contributed by atoms with Crippen LogP contribution < -0.4 is 20.3 Å².